The van der Waals surface area contributed by atoms with Gasteiger partial charge >= 0.3 is 0 Å². The van der Waals surface area contributed by atoms with Crippen LogP contribution >= 0.6 is 24.0 Å². The van der Waals surface area contributed by atoms with Gasteiger partial charge in [-0.2, -0.15) is 0 Å². The minimum atomic E-state index is 0. The van der Waals surface area contributed by atoms with Crippen LogP contribution in [0, 0.1) is 6.92 Å². The Morgan fingerprint density at radius 2 is 2.00 bits per heavy atom. The number of guanidine groups is 1. The fourth-order valence-electron chi connectivity index (χ4n) is 3.19. The maximum absolute atomic E-state index is 12.4. The first-order valence-electron chi connectivity index (χ1n) is 10.1. The van der Waals surface area contributed by atoms with Crippen molar-refractivity contribution in [2.24, 2.45) is 4.99 Å². The first-order valence-corrected chi connectivity index (χ1v) is 10.1. The van der Waals surface area contributed by atoms with Crippen molar-refractivity contribution in [3.8, 4) is 5.75 Å². The second kappa shape index (κ2) is 13.6. The number of piperidine rings is 1. The lowest BCUT2D eigenvalue weighted by Gasteiger charge is -2.33. The number of carbonyl (C=O) groups is 1. The summed E-state index contributed by atoms with van der Waals surface area (Å²) < 4.78 is 5.72. The highest BCUT2D eigenvalue weighted by Crippen LogP contribution is 2.17. The molecule has 0 saturated carbocycles. The van der Waals surface area contributed by atoms with E-state index in [2.05, 4.69) is 29.5 Å². The van der Waals surface area contributed by atoms with Gasteiger partial charge in [-0.25, -0.2) is 0 Å². The standard InChI is InChI=1S/C21H34N4O2.HI/c1-4-22-21(24-14-16-27-19-10-8-17(2)9-11-19)23-13-12-20(26)25-15-6-5-7-18(25)3;/h8-11,18H,4-7,12-16H2,1-3H3,(H2,22,23,24);1H. The molecular weight excluding hydrogens is 467 g/mol. The van der Waals surface area contributed by atoms with Crippen LogP contribution in [0.1, 0.15) is 45.1 Å². The highest BCUT2D eigenvalue weighted by atomic mass is 127. The van der Waals surface area contributed by atoms with E-state index in [-0.39, 0.29) is 29.9 Å². The number of aliphatic imine (C=N–C) groups is 1. The molecule has 158 valence electrons. The van der Waals surface area contributed by atoms with Gasteiger partial charge in [0.2, 0.25) is 5.91 Å². The van der Waals surface area contributed by atoms with Gasteiger partial charge in [-0.3, -0.25) is 9.79 Å². The highest BCUT2D eigenvalue weighted by molar-refractivity contribution is 14.0. The normalized spacial score (nSPS) is 16.9. The molecule has 1 aromatic carbocycles. The van der Waals surface area contributed by atoms with E-state index >= 15 is 0 Å². The minimum Gasteiger partial charge on any atom is -0.492 e. The maximum Gasteiger partial charge on any atom is 0.224 e. The topological polar surface area (TPSA) is 66.0 Å². The smallest absolute Gasteiger partial charge is 0.224 e. The number of nitrogens with zero attached hydrogens (tertiary/aromatic N) is 2. The Morgan fingerprint density at radius 3 is 2.68 bits per heavy atom. The molecule has 0 spiro atoms. The van der Waals surface area contributed by atoms with Crippen LogP contribution in [0.5, 0.6) is 5.75 Å². The molecule has 1 atom stereocenters. The summed E-state index contributed by atoms with van der Waals surface area (Å²) in [7, 11) is 0. The maximum atomic E-state index is 12.4. The van der Waals surface area contributed by atoms with Gasteiger partial charge < -0.3 is 20.3 Å². The summed E-state index contributed by atoms with van der Waals surface area (Å²) in [5, 5.41) is 6.46. The van der Waals surface area contributed by atoms with Crippen molar-refractivity contribution in [1.29, 1.82) is 0 Å². The number of hydrogen-bond acceptors (Lipinski definition) is 3. The van der Waals surface area contributed by atoms with Crippen molar-refractivity contribution in [2.45, 2.75) is 52.5 Å². The van der Waals surface area contributed by atoms with Gasteiger partial charge in [0.1, 0.15) is 12.4 Å². The van der Waals surface area contributed by atoms with Crippen LogP contribution in [-0.2, 0) is 4.79 Å². The molecule has 2 N–H and O–H groups in total. The number of amides is 1. The van der Waals surface area contributed by atoms with E-state index in [1.165, 1.54) is 12.0 Å². The molecule has 7 heteroatoms. The summed E-state index contributed by atoms with van der Waals surface area (Å²) in [6.45, 7) is 9.59. The van der Waals surface area contributed by atoms with Crippen molar-refractivity contribution in [1.82, 2.24) is 15.5 Å². The molecule has 6 nitrogen and oxygen atoms in total. The molecule has 2 rings (SSSR count). The predicted molar refractivity (Wildman–Crippen MR) is 126 cm³/mol. The number of hydrogen-bond donors (Lipinski definition) is 2. The summed E-state index contributed by atoms with van der Waals surface area (Å²) in [4.78, 5) is 18.9. The SMILES string of the molecule is CCNC(=NCCC(=O)N1CCCCC1C)NCCOc1ccc(C)cc1.I. The van der Waals surface area contributed by atoms with E-state index in [9.17, 15) is 4.79 Å². The van der Waals surface area contributed by atoms with Crippen LogP contribution in [0.2, 0.25) is 0 Å². The van der Waals surface area contributed by atoms with Gasteiger partial charge in [-0.15, -0.1) is 24.0 Å². The molecule has 0 aliphatic carbocycles. The zero-order valence-corrected chi connectivity index (χ0v) is 19.7. The molecular formula is C21H35IN4O2. The van der Waals surface area contributed by atoms with Gasteiger partial charge in [0.05, 0.1) is 13.1 Å². The molecule has 1 unspecified atom stereocenters. The van der Waals surface area contributed by atoms with E-state index < -0.39 is 0 Å². The first kappa shape index (κ1) is 24.5. The lowest BCUT2D eigenvalue weighted by atomic mass is 10.0. The molecule has 1 heterocycles. The van der Waals surface area contributed by atoms with Crippen LogP contribution < -0.4 is 15.4 Å². The van der Waals surface area contributed by atoms with E-state index in [0.717, 1.165) is 37.6 Å². The number of likely N-dealkylation sites (tertiary alicyclic amines) is 1. The summed E-state index contributed by atoms with van der Waals surface area (Å²) >= 11 is 0. The average Bonchev–Trinajstić information content (AvgIpc) is 2.66. The van der Waals surface area contributed by atoms with Gasteiger partial charge in [-0.05, 0) is 52.2 Å². The summed E-state index contributed by atoms with van der Waals surface area (Å²) in [5.74, 6) is 1.81. The fraction of sp³-hybridized carbons (Fsp3) is 0.619. The number of ether oxygens (including phenoxy) is 1. The summed E-state index contributed by atoms with van der Waals surface area (Å²) in [6.07, 6.45) is 3.91. The number of nitrogens with one attached hydrogen (secondary N) is 2. The van der Waals surface area contributed by atoms with Crippen LogP contribution in [0.15, 0.2) is 29.3 Å². The van der Waals surface area contributed by atoms with Gasteiger partial charge in [-0.1, -0.05) is 17.7 Å². The minimum absolute atomic E-state index is 0. The lowest BCUT2D eigenvalue weighted by Crippen LogP contribution is -2.42. The molecule has 1 aliphatic rings. The Bertz CT molecular complexity index is 607. The zero-order valence-electron chi connectivity index (χ0n) is 17.4. The monoisotopic (exact) mass is 502 g/mol. The molecule has 1 saturated heterocycles. The Labute approximate surface area is 186 Å². The Morgan fingerprint density at radius 1 is 1.25 bits per heavy atom. The van der Waals surface area contributed by atoms with Crippen molar-refractivity contribution >= 4 is 35.8 Å². The van der Waals surface area contributed by atoms with E-state index in [1.807, 2.05) is 36.1 Å². The van der Waals surface area contributed by atoms with E-state index in [4.69, 9.17) is 4.74 Å². The number of halogens is 1. The molecule has 1 aromatic rings. The second-order valence-corrected chi connectivity index (χ2v) is 7.03. The first-order chi connectivity index (χ1) is 13.1. The quantitative estimate of drug-likeness (QED) is 0.248. The van der Waals surface area contributed by atoms with Crippen LogP contribution in [-0.4, -0.2) is 55.6 Å². The van der Waals surface area contributed by atoms with Crippen molar-refractivity contribution in [3.63, 3.8) is 0 Å². The van der Waals surface area contributed by atoms with Crippen LogP contribution in [0.3, 0.4) is 0 Å². The van der Waals surface area contributed by atoms with E-state index in [1.54, 1.807) is 0 Å². The third-order valence-electron chi connectivity index (χ3n) is 4.75. The van der Waals surface area contributed by atoms with Crippen LogP contribution in [0.25, 0.3) is 0 Å². The zero-order chi connectivity index (χ0) is 19.5. The number of aryl methyl sites for hydroxylation is 1. The van der Waals surface area contributed by atoms with Gasteiger partial charge in [0.15, 0.2) is 5.96 Å². The molecule has 1 amide bonds. The molecule has 1 aliphatic heterocycles. The van der Waals surface area contributed by atoms with Crippen molar-refractivity contribution < 1.29 is 9.53 Å². The van der Waals surface area contributed by atoms with Crippen molar-refractivity contribution in [3.05, 3.63) is 29.8 Å². The highest BCUT2D eigenvalue weighted by Gasteiger charge is 2.22. The third-order valence-corrected chi connectivity index (χ3v) is 4.75. The number of carbonyl (C=O) groups excluding carboxylic acids is 1. The third kappa shape index (κ3) is 8.67. The summed E-state index contributed by atoms with van der Waals surface area (Å²) in [6, 6.07) is 8.38. The molecule has 28 heavy (non-hydrogen) atoms. The van der Waals surface area contributed by atoms with Crippen molar-refractivity contribution in [2.75, 3.05) is 32.8 Å². The summed E-state index contributed by atoms with van der Waals surface area (Å²) in [5.41, 5.74) is 1.22. The molecule has 0 radical (unpaired) electrons. The number of rotatable bonds is 8. The Kier molecular flexibility index (Phi) is 11.9. The molecule has 0 bridgehead atoms. The Hall–Kier alpha value is -1.51. The average molecular weight is 502 g/mol. The molecule has 0 aromatic heterocycles. The Balaban J connectivity index is 0.00000392. The predicted octanol–water partition coefficient (Wildman–Crippen LogP) is 3.34. The van der Waals surface area contributed by atoms with Gasteiger partial charge in [0.25, 0.3) is 0 Å². The number of benzene rings is 1. The lowest BCUT2D eigenvalue weighted by molar-refractivity contribution is -0.134. The van der Waals surface area contributed by atoms with Crippen LogP contribution in [0.4, 0.5) is 0 Å². The van der Waals surface area contributed by atoms with E-state index in [0.29, 0.717) is 32.2 Å². The molecule has 1 fully saturated rings. The second-order valence-electron chi connectivity index (χ2n) is 7.03. The van der Waals surface area contributed by atoms with Gasteiger partial charge in [0, 0.05) is 25.6 Å². The largest absolute Gasteiger partial charge is 0.492 e. The fourth-order valence-corrected chi connectivity index (χ4v) is 3.19.